The Bertz CT molecular complexity index is 1030. The number of benzene rings is 2. The fourth-order valence-corrected chi connectivity index (χ4v) is 3.49. The van der Waals surface area contributed by atoms with E-state index in [-0.39, 0.29) is 5.82 Å². The first kappa shape index (κ1) is 24.1. The molecule has 7 nitrogen and oxygen atoms in total. The molecule has 5 N–H and O–H groups in total. The van der Waals surface area contributed by atoms with Crippen LogP contribution in [-0.4, -0.2) is 62.0 Å². The van der Waals surface area contributed by atoms with Gasteiger partial charge >= 0.3 is 0 Å². The maximum Gasteiger partial charge on any atom is 0.126 e. The van der Waals surface area contributed by atoms with E-state index in [0.29, 0.717) is 30.2 Å². The van der Waals surface area contributed by atoms with Crippen LogP contribution in [0, 0.1) is 12.7 Å². The molecule has 2 aliphatic rings. The third-order valence-electron chi connectivity index (χ3n) is 5.57. The summed E-state index contributed by atoms with van der Waals surface area (Å²) >= 11 is 0. The van der Waals surface area contributed by atoms with Crippen LogP contribution in [0.1, 0.15) is 11.1 Å². The minimum Gasteiger partial charge on any atom is -0.397 e. The average Bonchev–Trinajstić information content (AvgIpc) is 2.83. The van der Waals surface area contributed by atoms with Crippen molar-refractivity contribution in [2.75, 3.05) is 57.5 Å². The zero-order valence-electron chi connectivity index (χ0n) is 19.4. The van der Waals surface area contributed by atoms with Crippen molar-refractivity contribution >= 4 is 17.1 Å². The average molecular weight is 453 g/mol. The molecule has 0 atom stereocenters. The van der Waals surface area contributed by atoms with Crippen molar-refractivity contribution < 1.29 is 9.13 Å². The number of aliphatic imine (C=N–C) groups is 1. The van der Waals surface area contributed by atoms with Crippen molar-refractivity contribution in [3.63, 3.8) is 0 Å². The van der Waals surface area contributed by atoms with Crippen LogP contribution in [0.4, 0.5) is 15.8 Å². The largest absolute Gasteiger partial charge is 0.397 e. The second-order valence-corrected chi connectivity index (χ2v) is 7.98. The Morgan fingerprint density at radius 2 is 1.91 bits per heavy atom. The van der Waals surface area contributed by atoms with Gasteiger partial charge < -0.3 is 31.3 Å². The third-order valence-corrected chi connectivity index (χ3v) is 5.57. The molecule has 2 aliphatic heterocycles. The van der Waals surface area contributed by atoms with E-state index in [2.05, 4.69) is 16.8 Å². The highest BCUT2D eigenvalue weighted by Gasteiger charge is 2.19. The minimum absolute atomic E-state index is 0.218. The topological polar surface area (TPSA) is 92.1 Å². The van der Waals surface area contributed by atoms with Crippen LogP contribution in [0.25, 0.3) is 0 Å². The fourth-order valence-electron chi connectivity index (χ4n) is 3.49. The van der Waals surface area contributed by atoms with E-state index in [0.717, 1.165) is 49.0 Å². The van der Waals surface area contributed by atoms with Crippen molar-refractivity contribution in [1.82, 2.24) is 9.80 Å². The first-order valence-electron chi connectivity index (χ1n) is 11.0. The summed E-state index contributed by atoms with van der Waals surface area (Å²) in [4.78, 5) is 8.80. The summed E-state index contributed by atoms with van der Waals surface area (Å²) in [5.74, 6) is 0.398. The molecule has 0 radical (unpaired) electrons. The molecular formula is C25H33FN6O. The molecule has 1 saturated heterocycles. The van der Waals surface area contributed by atoms with E-state index < -0.39 is 0 Å². The molecule has 0 aromatic heterocycles. The van der Waals surface area contributed by atoms with E-state index in [1.54, 1.807) is 13.0 Å². The van der Waals surface area contributed by atoms with Gasteiger partial charge in [0.05, 0.1) is 49.1 Å². The molecule has 2 aromatic rings. The second kappa shape index (κ2) is 11.4. The van der Waals surface area contributed by atoms with Crippen LogP contribution in [0.3, 0.4) is 0 Å². The number of ether oxygens (including phenoxy) is 1. The van der Waals surface area contributed by atoms with Crippen molar-refractivity contribution in [1.29, 1.82) is 0 Å². The number of anilines is 2. The Kier molecular flexibility index (Phi) is 8.32. The highest BCUT2D eigenvalue weighted by atomic mass is 19.1. The highest BCUT2D eigenvalue weighted by Crippen LogP contribution is 2.21. The number of hydrogen-bond donors (Lipinski definition) is 3. The Hall–Kier alpha value is -3.52. The van der Waals surface area contributed by atoms with Gasteiger partial charge in [0, 0.05) is 20.1 Å². The Morgan fingerprint density at radius 1 is 1.18 bits per heavy atom. The van der Waals surface area contributed by atoms with Crippen LogP contribution in [0.2, 0.25) is 0 Å². The number of para-hydroxylation sites is 2. The lowest BCUT2D eigenvalue weighted by atomic mass is 10.1. The second-order valence-electron chi connectivity index (χ2n) is 7.98. The number of hydrogen-bond acceptors (Lipinski definition) is 7. The summed E-state index contributed by atoms with van der Waals surface area (Å²) in [6, 6.07) is 12.6. The molecule has 0 unspecified atom stereocenters. The Morgan fingerprint density at radius 3 is 2.55 bits per heavy atom. The van der Waals surface area contributed by atoms with Crippen molar-refractivity contribution in [2.45, 2.75) is 6.92 Å². The number of aryl methyl sites for hydroxylation is 1. The van der Waals surface area contributed by atoms with Crippen LogP contribution in [-0.2, 0) is 4.74 Å². The van der Waals surface area contributed by atoms with Gasteiger partial charge in [-0.3, -0.25) is 0 Å². The smallest absolute Gasteiger partial charge is 0.126 e. The number of nitrogens with one attached hydrogen (secondary N) is 1. The predicted molar refractivity (Wildman–Crippen MR) is 133 cm³/mol. The van der Waals surface area contributed by atoms with Gasteiger partial charge in [-0.25, -0.2) is 9.38 Å². The molecule has 4 rings (SSSR count). The molecule has 1 fully saturated rings. The zero-order chi connectivity index (χ0) is 23.8. The van der Waals surface area contributed by atoms with Crippen LogP contribution >= 0.6 is 0 Å². The molecule has 176 valence electrons. The van der Waals surface area contributed by atoms with Gasteiger partial charge in [0.1, 0.15) is 11.6 Å². The molecule has 2 aromatic carbocycles. The van der Waals surface area contributed by atoms with Gasteiger partial charge in [-0.2, -0.15) is 0 Å². The SMILES string of the molecule is C=CN1CCOCC1.Cc1cc(C2=NC(CNc3ccccc3N)=C(N)N(C)C2)ccc1F. The molecule has 0 bridgehead atoms. The summed E-state index contributed by atoms with van der Waals surface area (Å²) in [6.07, 6.45) is 1.86. The molecule has 0 amide bonds. The van der Waals surface area contributed by atoms with Gasteiger partial charge in [0.25, 0.3) is 0 Å². The normalized spacial score (nSPS) is 16.0. The highest BCUT2D eigenvalue weighted by molar-refractivity contribution is 6.03. The maximum atomic E-state index is 13.5. The predicted octanol–water partition coefficient (Wildman–Crippen LogP) is 3.15. The first-order valence-corrected chi connectivity index (χ1v) is 11.0. The zero-order valence-corrected chi connectivity index (χ0v) is 19.4. The number of likely N-dealkylation sites (N-methyl/N-ethyl adjacent to an activating group) is 1. The van der Waals surface area contributed by atoms with E-state index in [1.807, 2.05) is 48.5 Å². The molecular weight excluding hydrogens is 419 g/mol. The van der Waals surface area contributed by atoms with Gasteiger partial charge in [0.15, 0.2) is 0 Å². The molecule has 0 saturated carbocycles. The lowest BCUT2D eigenvalue weighted by Crippen LogP contribution is -2.35. The van der Waals surface area contributed by atoms with Gasteiger partial charge in [-0.1, -0.05) is 24.8 Å². The van der Waals surface area contributed by atoms with Crippen LogP contribution in [0.15, 0.2) is 71.8 Å². The summed E-state index contributed by atoms with van der Waals surface area (Å²) < 4.78 is 18.6. The monoisotopic (exact) mass is 452 g/mol. The Balaban J connectivity index is 0.000000323. The third kappa shape index (κ3) is 6.49. The standard InChI is InChI=1S/C19H22FN5.C6H11NO/c1-12-9-13(7-8-14(12)20)18-11-25(2)19(22)17(24-18)10-23-16-6-4-3-5-15(16)21;1-2-7-3-5-8-6-4-7/h3-9,23H,10-11,21-22H2,1-2H3;2H,1,3-6H2. The Labute approximate surface area is 195 Å². The molecule has 2 heterocycles. The van der Waals surface area contributed by atoms with Crippen molar-refractivity contribution in [2.24, 2.45) is 10.7 Å². The summed E-state index contributed by atoms with van der Waals surface area (Å²) in [5.41, 5.74) is 16.7. The summed E-state index contributed by atoms with van der Waals surface area (Å²) in [6.45, 7) is 10.1. The van der Waals surface area contributed by atoms with Gasteiger partial charge in [0.2, 0.25) is 0 Å². The number of nitrogen functional groups attached to an aromatic ring is 1. The number of morpholine rings is 1. The maximum absolute atomic E-state index is 13.5. The molecule has 0 spiro atoms. The molecule has 8 heteroatoms. The van der Waals surface area contributed by atoms with Gasteiger partial charge in [-0.05, 0) is 48.5 Å². The van der Waals surface area contributed by atoms with Gasteiger partial charge in [-0.15, -0.1) is 0 Å². The van der Waals surface area contributed by atoms with Crippen molar-refractivity contribution in [3.05, 3.63) is 83.7 Å². The van der Waals surface area contributed by atoms with E-state index in [4.69, 9.17) is 21.2 Å². The summed E-state index contributed by atoms with van der Waals surface area (Å²) in [7, 11) is 1.91. The number of halogens is 1. The van der Waals surface area contributed by atoms with E-state index in [9.17, 15) is 4.39 Å². The first-order chi connectivity index (χ1) is 15.9. The number of nitrogens with two attached hydrogens (primary N) is 2. The summed E-state index contributed by atoms with van der Waals surface area (Å²) in [5, 5.41) is 3.27. The van der Waals surface area contributed by atoms with Crippen LogP contribution in [0.5, 0.6) is 0 Å². The number of rotatable bonds is 5. The number of nitrogens with zero attached hydrogens (tertiary/aromatic N) is 3. The lowest BCUT2D eigenvalue weighted by Gasteiger charge is -2.27. The molecule has 0 aliphatic carbocycles. The van der Waals surface area contributed by atoms with E-state index >= 15 is 0 Å². The minimum atomic E-state index is -0.218. The fraction of sp³-hybridized carbons (Fsp3) is 0.320. The van der Waals surface area contributed by atoms with Crippen molar-refractivity contribution in [3.8, 4) is 0 Å². The van der Waals surface area contributed by atoms with E-state index in [1.165, 1.54) is 6.07 Å². The molecule has 33 heavy (non-hydrogen) atoms. The van der Waals surface area contributed by atoms with Crippen LogP contribution < -0.4 is 16.8 Å². The lowest BCUT2D eigenvalue weighted by molar-refractivity contribution is 0.0596. The quantitative estimate of drug-likeness (QED) is 0.604.